The van der Waals surface area contributed by atoms with Crippen LogP contribution in [0.4, 0.5) is 0 Å². The number of nitrogens with zero attached hydrogens (tertiary/aromatic N) is 2. The normalized spacial score (nSPS) is 22.2. The Bertz CT molecular complexity index is 283. The van der Waals surface area contributed by atoms with Gasteiger partial charge < -0.3 is 5.11 Å². The topological polar surface area (TPSA) is 46.0 Å². The molecule has 0 aromatic carbocycles. The molecule has 0 saturated carbocycles. The second-order valence-corrected chi connectivity index (χ2v) is 4.77. The molecule has 14 heavy (non-hydrogen) atoms. The smallest absolute Gasteiger partial charge is 0.141 e. The summed E-state index contributed by atoms with van der Waals surface area (Å²) >= 11 is 1.94. The lowest BCUT2D eigenvalue weighted by Crippen LogP contribution is -2.06. The van der Waals surface area contributed by atoms with E-state index >= 15 is 0 Å². The van der Waals surface area contributed by atoms with E-state index in [4.69, 9.17) is 5.11 Å². The lowest BCUT2D eigenvalue weighted by atomic mass is 10.2. The third-order valence-corrected chi connectivity index (χ3v) is 3.75. The van der Waals surface area contributed by atoms with Crippen LogP contribution in [0.3, 0.4) is 0 Å². The first-order valence-corrected chi connectivity index (χ1v) is 5.98. The van der Waals surface area contributed by atoms with Crippen molar-refractivity contribution < 1.29 is 5.11 Å². The molecule has 1 aromatic rings. The van der Waals surface area contributed by atoms with Gasteiger partial charge in [-0.1, -0.05) is 6.42 Å². The lowest BCUT2D eigenvalue weighted by Gasteiger charge is -2.19. The minimum absolute atomic E-state index is 0.0259. The van der Waals surface area contributed by atoms with Crippen LogP contribution >= 0.6 is 11.8 Å². The fourth-order valence-electron chi connectivity index (χ4n) is 1.56. The standard InChI is InChI=1S/C10H14N2OS/c13-7-8-5-11-10(12-6-8)9-3-1-2-4-14-9/h5-6,9,13H,1-4,7H2. The van der Waals surface area contributed by atoms with E-state index in [1.807, 2.05) is 11.8 Å². The molecule has 0 bridgehead atoms. The summed E-state index contributed by atoms with van der Waals surface area (Å²) in [4.78, 5) is 8.56. The van der Waals surface area contributed by atoms with E-state index in [0.29, 0.717) is 5.25 Å². The van der Waals surface area contributed by atoms with E-state index in [9.17, 15) is 0 Å². The SMILES string of the molecule is OCc1cnc(C2CCCCS2)nc1. The Labute approximate surface area is 88.0 Å². The van der Waals surface area contributed by atoms with Crippen LogP contribution in [0, 0.1) is 0 Å². The van der Waals surface area contributed by atoms with Gasteiger partial charge in [-0.25, -0.2) is 9.97 Å². The largest absolute Gasteiger partial charge is 0.392 e. The molecule has 1 fully saturated rings. The molecule has 0 aliphatic carbocycles. The molecule has 0 spiro atoms. The predicted octanol–water partition coefficient (Wildman–Crippen LogP) is 1.93. The maximum absolute atomic E-state index is 8.85. The summed E-state index contributed by atoms with van der Waals surface area (Å²) in [5.41, 5.74) is 0.787. The summed E-state index contributed by atoms with van der Waals surface area (Å²) in [5.74, 6) is 2.14. The lowest BCUT2D eigenvalue weighted by molar-refractivity contribution is 0.280. The van der Waals surface area contributed by atoms with Gasteiger partial charge in [0.15, 0.2) is 0 Å². The fourth-order valence-corrected chi connectivity index (χ4v) is 2.82. The monoisotopic (exact) mass is 210 g/mol. The van der Waals surface area contributed by atoms with Crippen LogP contribution < -0.4 is 0 Å². The molecule has 1 saturated heterocycles. The number of hydrogen-bond acceptors (Lipinski definition) is 4. The Morgan fingerprint density at radius 3 is 2.71 bits per heavy atom. The van der Waals surface area contributed by atoms with Crippen molar-refractivity contribution in [3.63, 3.8) is 0 Å². The Kier molecular flexibility index (Phi) is 3.37. The van der Waals surface area contributed by atoms with Crippen LogP contribution in [0.5, 0.6) is 0 Å². The molecule has 2 heterocycles. The molecule has 1 aliphatic heterocycles. The molecule has 1 aliphatic rings. The first-order valence-electron chi connectivity index (χ1n) is 4.93. The van der Waals surface area contributed by atoms with Gasteiger partial charge in [0.2, 0.25) is 0 Å². The van der Waals surface area contributed by atoms with Crippen LogP contribution in [0.25, 0.3) is 0 Å². The molecular formula is C10H14N2OS. The van der Waals surface area contributed by atoms with Gasteiger partial charge in [0.25, 0.3) is 0 Å². The summed E-state index contributed by atoms with van der Waals surface area (Å²) in [6.07, 6.45) is 7.22. The van der Waals surface area contributed by atoms with E-state index in [-0.39, 0.29) is 6.61 Å². The average molecular weight is 210 g/mol. The second kappa shape index (κ2) is 4.75. The van der Waals surface area contributed by atoms with Crippen LogP contribution in [0.2, 0.25) is 0 Å². The van der Waals surface area contributed by atoms with Gasteiger partial charge in [0, 0.05) is 18.0 Å². The van der Waals surface area contributed by atoms with Gasteiger partial charge >= 0.3 is 0 Å². The zero-order chi connectivity index (χ0) is 9.80. The third kappa shape index (κ3) is 2.25. The van der Waals surface area contributed by atoms with Gasteiger partial charge in [0.05, 0.1) is 11.9 Å². The highest BCUT2D eigenvalue weighted by atomic mass is 32.2. The number of aromatic nitrogens is 2. The van der Waals surface area contributed by atoms with E-state index in [0.717, 1.165) is 11.4 Å². The van der Waals surface area contributed by atoms with E-state index in [1.54, 1.807) is 12.4 Å². The van der Waals surface area contributed by atoms with Crippen molar-refractivity contribution in [2.45, 2.75) is 31.1 Å². The number of rotatable bonds is 2. The Hall–Kier alpha value is -0.610. The quantitative estimate of drug-likeness (QED) is 0.810. The summed E-state index contributed by atoms with van der Waals surface area (Å²) in [5, 5.41) is 9.32. The minimum Gasteiger partial charge on any atom is -0.392 e. The third-order valence-electron chi connectivity index (χ3n) is 2.38. The first-order chi connectivity index (χ1) is 6.90. The second-order valence-electron chi connectivity index (χ2n) is 3.46. The van der Waals surface area contributed by atoms with E-state index < -0.39 is 0 Å². The molecule has 0 radical (unpaired) electrons. The molecule has 3 nitrogen and oxygen atoms in total. The van der Waals surface area contributed by atoms with Crippen molar-refractivity contribution in [1.29, 1.82) is 0 Å². The Morgan fingerprint density at radius 1 is 1.36 bits per heavy atom. The van der Waals surface area contributed by atoms with Crippen LogP contribution in [-0.4, -0.2) is 20.8 Å². The summed E-state index contributed by atoms with van der Waals surface area (Å²) in [6.45, 7) is 0.0259. The van der Waals surface area contributed by atoms with Crippen LogP contribution in [0.1, 0.15) is 35.9 Å². The molecule has 1 aromatic heterocycles. The zero-order valence-electron chi connectivity index (χ0n) is 8.02. The van der Waals surface area contributed by atoms with Crippen LogP contribution in [0.15, 0.2) is 12.4 Å². The number of hydrogen-bond donors (Lipinski definition) is 1. The average Bonchev–Trinajstić information content (AvgIpc) is 2.30. The molecule has 1 unspecified atom stereocenters. The number of aliphatic hydroxyl groups excluding tert-OH is 1. The molecule has 1 N–H and O–H groups in total. The molecule has 2 rings (SSSR count). The van der Waals surface area contributed by atoms with Crippen molar-refractivity contribution >= 4 is 11.8 Å². The fraction of sp³-hybridized carbons (Fsp3) is 0.600. The highest BCUT2D eigenvalue weighted by Gasteiger charge is 2.18. The van der Waals surface area contributed by atoms with Gasteiger partial charge in [-0.15, -0.1) is 0 Å². The van der Waals surface area contributed by atoms with Crippen molar-refractivity contribution in [1.82, 2.24) is 9.97 Å². The van der Waals surface area contributed by atoms with Crippen molar-refractivity contribution in [2.24, 2.45) is 0 Å². The maximum atomic E-state index is 8.85. The van der Waals surface area contributed by atoms with E-state index in [2.05, 4.69) is 9.97 Å². The van der Waals surface area contributed by atoms with Crippen LogP contribution in [-0.2, 0) is 6.61 Å². The molecule has 1 atom stereocenters. The summed E-state index contributed by atoms with van der Waals surface area (Å²) < 4.78 is 0. The highest BCUT2D eigenvalue weighted by molar-refractivity contribution is 7.99. The molecular weight excluding hydrogens is 196 g/mol. The first kappa shape index (κ1) is 9.93. The molecule has 76 valence electrons. The van der Waals surface area contributed by atoms with Gasteiger partial charge in [-0.2, -0.15) is 11.8 Å². The summed E-state index contributed by atoms with van der Waals surface area (Å²) in [7, 11) is 0. The Balaban J connectivity index is 2.07. The van der Waals surface area contributed by atoms with Crippen molar-refractivity contribution in [2.75, 3.05) is 5.75 Å². The van der Waals surface area contributed by atoms with Gasteiger partial charge in [0.1, 0.15) is 5.82 Å². The van der Waals surface area contributed by atoms with Crippen molar-refractivity contribution in [3.05, 3.63) is 23.8 Å². The summed E-state index contributed by atoms with van der Waals surface area (Å²) in [6, 6.07) is 0. The van der Waals surface area contributed by atoms with E-state index in [1.165, 1.54) is 25.0 Å². The van der Waals surface area contributed by atoms with Gasteiger partial charge in [-0.05, 0) is 18.6 Å². The highest BCUT2D eigenvalue weighted by Crippen LogP contribution is 2.36. The molecule has 0 amide bonds. The van der Waals surface area contributed by atoms with Crippen molar-refractivity contribution in [3.8, 4) is 0 Å². The molecule has 4 heteroatoms. The maximum Gasteiger partial charge on any atom is 0.141 e. The number of aliphatic hydroxyl groups is 1. The Morgan fingerprint density at radius 2 is 2.14 bits per heavy atom. The number of thioether (sulfide) groups is 1. The predicted molar refractivity (Wildman–Crippen MR) is 57.0 cm³/mol. The zero-order valence-corrected chi connectivity index (χ0v) is 8.83. The minimum atomic E-state index is 0.0259. The van der Waals surface area contributed by atoms with Gasteiger partial charge in [-0.3, -0.25) is 0 Å².